The largest absolute Gasteiger partial charge is 0.496 e. The third-order valence-electron chi connectivity index (χ3n) is 4.33. The quantitative estimate of drug-likeness (QED) is 0.940. The van der Waals surface area contributed by atoms with E-state index in [1.54, 1.807) is 26.4 Å². The molecule has 0 saturated carbocycles. The zero-order valence-electron chi connectivity index (χ0n) is 13.5. The Balaban J connectivity index is 1.89. The maximum absolute atomic E-state index is 12.8. The predicted octanol–water partition coefficient (Wildman–Crippen LogP) is 3.51. The summed E-state index contributed by atoms with van der Waals surface area (Å²) >= 11 is 0. The highest BCUT2D eigenvalue weighted by Crippen LogP contribution is 2.32. The van der Waals surface area contributed by atoms with Crippen LogP contribution in [-0.2, 0) is 6.42 Å². The zero-order chi connectivity index (χ0) is 16.2. The fourth-order valence-electron chi connectivity index (χ4n) is 3.21. The van der Waals surface area contributed by atoms with Crippen LogP contribution in [0, 0.1) is 0 Å². The van der Waals surface area contributed by atoms with Crippen LogP contribution >= 0.6 is 0 Å². The van der Waals surface area contributed by atoms with Crippen molar-refractivity contribution in [1.82, 2.24) is 5.32 Å². The van der Waals surface area contributed by atoms with Crippen molar-refractivity contribution in [2.45, 2.75) is 25.3 Å². The molecule has 120 valence electrons. The monoisotopic (exact) mass is 311 g/mol. The van der Waals surface area contributed by atoms with Gasteiger partial charge in [-0.2, -0.15) is 0 Å². The molecule has 0 heterocycles. The second-order valence-corrected chi connectivity index (χ2v) is 5.65. The van der Waals surface area contributed by atoms with Gasteiger partial charge in [-0.15, -0.1) is 0 Å². The lowest BCUT2D eigenvalue weighted by molar-refractivity contribution is 0.0926. The number of rotatable bonds is 4. The molecule has 2 aromatic rings. The van der Waals surface area contributed by atoms with Crippen molar-refractivity contribution in [2.24, 2.45) is 0 Å². The molecule has 0 aromatic heterocycles. The molecule has 0 bridgehead atoms. The summed E-state index contributed by atoms with van der Waals surface area (Å²) in [6.07, 6.45) is 3.09. The van der Waals surface area contributed by atoms with Gasteiger partial charge in [0.2, 0.25) is 0 Å². The van der Waals surface area contributed by atoms with E-state index in [0.717, 1.165) is 19.3 Å². The molecule has 1 aliphatic rings. The van der Waals surface area contributed by atoms with Crippen molar-refractivity contribution >= 4 is 5.91 Å². The Hall–Kier alpha value is -2.49. The van der Waals surface area contributed by atoms with Crippen LogP contribution in [0.5, 0.6) is 11.5 Å². The summed E-state index contributed by atoms with van der Waals surface area (Å²) in [6, 6.07) is 13.7. The van der Waals surface area contributed by atoms with E-state index >= 15 is 0 Å². The van der Waals surface area contributed by atoms with E-state index in [1.165, 1.54) is 11.1 Å². The van der Waals surface area contributed by atoms with Crippen molar-refractivity contribution in [3.05, 3.63) is 59.2 Å². The summed E-state index contributed by atoms with van der Waals surface area (Å²) in [5, 5.41) is 3.14. The number of nitrogens with one attached hydrogen (secondary N) is 1. The number of carbonyl (C=O) groups is 1. The van der Waals surface area contributed by atoms with Crippen molar-refractivity contribution in [3.8, 4) is 11.5 Å². The average molecular weight is 311 g/mol. The van der Waals surface area contributed by atoms with Crippen molar-refractivity contribution < 1.29 is 14.3 Å². The van der Waals surface area contributed by atoms with Gasteiger partial charge in [-0.3, -0.25) is 4.79 Å². The number of ether oxygens (including phenoxy) is 2. The molecule has 0 fully saturated rings. The second kappa shape index (κ2) is 6.73. The van der Waals surface area contributed by atoms with E-state index in [9.17, 15) is 4.79 Å². The first-order chi connectivity index (χ1) is 11.2. The molecular formula is C19H21NO3. The van der Waals surface area contributed by atoms with Gasteiger partial charge in [0.25, 0.3) is 5.91 Å². The van der Waals surface area contributed by atoms with Gasteiger partial charge in [0.1, 0.15) is 17.1 Å². The third-order valence-corrected chi connectivity index (χ3v) is 4.33. The Morgan fingerprint density at radius 1 is 1.04 bits per heavy atom. The van der Waals surface area contributed by atoms with Crippen molar-refractivity contribution in [3.63, 3.8) is 0 Å². The Kier molecular flexibility index (Phi) is 4.51. The lowest BCUT2D eigenvalue weighted by Crippen LogP contribution is -2.31. The first-order valence-electron chi connectivity index (χ1n) is 7.84. The maximum atomic E-state index is 12.8. The average Bonchev–Trinajstić information content (AvgIpc) is 2.61. The Morgan fingerprint density at radius 2 is 1.74 bits per heavy atom. The van der Waals surface area contributed by atoms with Gasteiger partial charge < -0.3 is 14.8 Å². The normalized spacial score (nSPS) is 16.3. The first kappa shape index (κ1) is 15.4. The fourth-order valence-corrected chi connectivity index (χ4v) is 3.21. The minimum atomic E-state index is -0.166. The molecular weight excluding hydrogens is 290 g/mol. The number of aryl methyl sites for hydroxylation is 1. The third kappa shape index (κ3) is 3.02. The van der Waals surface area contributed by atoms with Crippen LogP contribution in [-0.4, -0.2) is 20.1 Å². The van der Waals surface area contributed by atoms with Crippen molar-refractivity contribution in [2.75, 3.05) is 14.2 Å². The molecule has 4 heteroatoms. The summed E-state index contributed by atoms with van der Waals surface area (Å²) in [6.45, 7) is 0. The van der Waals surface area contributed by atoms with Gasteiger partial charge in [-0.1, -0.05) is 30.3 Å². The standard InChI is InChI=1S/C19H21NO3/c1-22-16-11-6-12-17(23-2)18(16)19(21)20-15-10-5-8-13-7-3-4-9-14(13)15/h3-4,6-7,9,11-12,15H,5,8,10H2,1-2H3,(H,20,21)/t15-/m1/s1. The van der Waals surface area contributed by atoms with Gasteiger partial charge >= 0.3 is 0 Å². The van der Waals surface area contributed by atoms with Gasteiger partial charge in [0.05, 0.1) is 20.3 Å². The summed E-state index contributed by atoms with van der Waals surface area (Å²) in [5.74, 6) is 0.873. The SMILES string of the molecule is COc1cccc(OC)c1C(=O)N[C@@H]1CCCc2ccccc21. The van der Waals surface area contributed by atoms with E-state index < -0.39 is 0 Å². The van der Waals surface area contributed by atoms with E-state index in [-0.39, 0.29) is 11.9 Å². The van der Waals surface area contributed by atoms with Crippen LogP contribution in [0.4, 0.5) is 0 Å². The summed E-state index contributed by atoms with van der Waals surface area (Å²) in [4.78, 5) is 12.8. The molecule has 1 aliphatic carbocycles. The molecule has 1 N–H and O–H groups in total. The maximum Gasteiger partial charge on any atom is 0.259 e. The number of carbonyl (C=O) groups excluding carboxylic acids is 1. The minimum Gasteiger partial charge on any atom is -0.496 e. The Morgan fingerprint density at radius 3 is 2.43 bits per heavy atom. The molecule has 3 rings (SSSR count). The highest BCUT2D eigenvalue weighted by atomic mass is 16.5. The van der Waals surface area contributed by atoms with Crippen LogP contribution in [0.3, 0.4) is 0 Å². The topological polar surface area (TPSA) is 47.6 Å². The van der Waals surface area contributed by atoms with Gasteiger partial charge in [-0.25, -0.2) is 0 Å². The molecule has 0 spiro atoms. The number of amides is 1. The molecule has 0 aliphatic heterocycles. The van der Waals surface area contributed by atoms with Crippen LogP contribution in [0.25, 0.3) is 0 Å². The first-order valence-corrected chi connectivity index (χ1v) is 7.84. The lowest BCUT2D eigenvalue weighted by Gasteiger charge is -2.26. The van der Waals surface area contributed by atoms with E-state index in [2.05, 4.69) is 17.4 Å². The predicted molar refractivity (Wildman–Crippen MR) is 89.1 cm³/mol. The van der Waals surface area contributed by atoms with Crippen molar-refractivity contribution in [1.29, 1.82) is 0 Å². The molecule has 2 aromatic carbocycles. The van der Waals surface area contributed by atoms with Gasteiger partial charge in [0, 0.05) is 0 Å². The number of methoxy groups -OCH3 is 2. The van der Waals surface area contributed by atoms with Crippen LogP contribution in [0.15, 0.2) is 42.5 Å². The smallest absolute Gasteiger partial charge is 0.259 e. The highest BCUT2D eigenvalue weighted by molar-refractivity contribution is 6.00. The van der Waals surface area contributed by atoms with E-state index in [4.69, 9.17) is 9.47 Å². The van der Waals surface area contributed by atoms with Crippen LogP contribution in [0.2, 0.25) is 0 Å². The summed E-state index contributed by atoms with van der Waals surface area (Å²) < 4.78 is 10.7. The van der Waals surface area contributed by atoms with E-state index in [0.29, 0.717) is 17.1 Å². The molecule has 0 unspecified atom stereocenters. The second-order valence-electron chi connectivity index (χ2n) is 5.65. The highest BCUT2D eigenvalue weighted by Gasteiger charge is 2.25. The number of hydrogen-bond acceptors (Lipinski definition) is 3. The molecule has 0 radical (unpaired) electrons. The fraction of sp³-hybridized carbons (Fsp3) is 0.316. The lowest BCUT2D eigenvalue weighted by atomic mass is 9.87. The zero-order valence-corrected chi connectivity index (χ0v) is 13.5. The number of benzene rings is 2. The molecule has 1 amide bonds. The minimum absolute atomic E-state index is 0.0297. The molecule has 23 heavy (non-hydrogen) atoms. The Bertz CT molecular complexity index is 689. The summed E-state index contributed by atoms with van der Waals surface area (Å²) in [5.41, 5.74) is 2.97. The summed E-state index contributed by atoms with van der Waals surface area (Å²) in [7, 11) is 3.11. The van der Waals surface area contributed by atoms with Crippen LogP contribution in [0.1, 0.15) is 40.4 Å². The number of fused-ring (bicyclic) bond motifs is 1. The van der Waals surface area contributed by atoms with Gasteiger partial charge in [-0.05, 0) is 42.5 Å². The molecule has 1 atom stereocenters. The molecule has 0 saturated heterocycles. The van der Waals surface area contributed by atoms with Crippen LogP contribution < -0.4 is 14.8 Å². The molecule has 4 nitrogen and oxygen atoms in total. The number of hydrogen-bond donors (Lipinski definition) is 1. The Labute approximate surface area is 136 Å². The van der Waals surface area contributed by atoms with Gasteiger partial charge in [0.15, 0.2) is 0 Å². The van der Waals surface area contributed by atoms with E-state index in [1.807, 2.05) is 18.2 Å².